The molecule has 1 aliphatic rings. The molecular formula is C18H25N3O2. The van der Waals surface area contributed by atoms with E-state index in [1.165, 1.54) is 0 Å². The van der Waals surface area contributed by atoms with E-state index in [1.807, 2.05) is 0 Å². The summed E-state index contributed by atoms with van der Waals surface area (Å²) in [5, 5.41) is 7.53. The van der Waals surface area contributed by atoms with Crippen molar-refractivity contribution >= 4 is 0 Å². The Morgan fingerprint density at radius 2 is 2.09 bits per heavy atom. The van der Waals surface area contributed by atoms with Crippen molar-refractivity contribution < 1.29 is 9.26 Å². The summed E-state index contributed by atoms with van der Waals surface area (Å²) in [6, 6.07) is 4.34. The molecule has 5 nitrogen and oxygen atoms in total. The van der Waals surface area contributed by atoms with Crippen LogP contribution in [0.3, 0.4) is 0 Å². The van der Waals surface area contributed by atoms with Crippen molar-refractivity contribution in [3.63, 3.8) is 0 Å². The Hall–Kier alpha value is -1.88. The predicted octanol–water partition coefficient (Wildman–Crippen LogP) is 3.96. The summed E-state index contributed by atoms with van der Waals surface area (Å²) < 4.78 is 11.5. The molecule has 1 aromatic heterocycles. The summed E-state index contributed by atoms with van der Waals surface area (Å²) in [5.74, 6) is 2.30. The van der Waals surface area contributed by atoms with Crippen molar-refractivity contribution in [3.8, 4) is 17.1 Å². The number of nitrogens with zero attached hydrogens (tertiary/aromatic N) is 2. The van der Waals surface area contributed by atoms with E-state index in [1.54, 1.807) is 0 Å². The Morgan fingerprint density at radius 3 is 2.70 bits per heavy atom. The van der Waals surface area contributed by atoms with Gasteiger partial charge in [0.15, 0.2) is 0 Å². The van der Waals surface area contributed by atoms with Crippen molar-refractivity contribution in [1.82, 2.24) is 15.5 Å². The lowest BCUT2D eigenvalue weighted by Crippen LogP contribution is -2.13. The minimum Gasteiger partial charge on any atom is -0.490 e. The molecular weight excluding hydrogens is 290 g/mol. The van der Waals surface area contributed by atoms with E-state index in [9.17, 15) is 0 Å². The van der Waals surface area contributed by atoms with Crippen LogP contribution in [0.15, 0.2) is 16.7 Å². The minimum atomic E-state index is 0.200. The molecule has 1 saturated heterocycles. The first-order valence-electron chi connectivity index (χ1n) is 8.43. The summed E-state index contributed by atoms with van der Waals surface area (Å²) in [5.41, 5.74) is 3.18. The summed E-state index contributed by atoms with van der Waals surface area (Å²) in [6.45, 7) is 9.36. The zero-order valence-corrected chi connectivity index (χ0v) is 14.3. The molecule has 0 bridgehead atoms. The third-order valence-electron chi connectivity index (χ3n) is 4.41. The average Bonchev–Trinajstić information content (AvgIpc) is 3.20. The molecule has 0 unspecified atom stereocenters. The van der Waals surface area contributed by atoms with Crippen LogP contribution in [0.4, 0.5) is 0 Å². The highest BCUT2D eigenvalue weighted by Crippen LogP contribution is 2.31. The Kier molecular flexibility index (Phi) is 4.66. The van der Waals surface area contributed by atoms with Gasteiger partial charge in [-0.3, -0.25) is 0 Å². The van der Waals surface area contributed by atoms with Gasteiger partial charge >= 0.3 is 0 Å². The van der Waals surface area contributed by atoms with Crippen LogP contribution in [-0.4, -0.2) is 22.8 Å². The van der Waals surface area contributed by atoms with Gasteiger partial charge in [0.05, 0.1) is 12.1 Å². The zero-order valence-electron chi connectivity index (χ0n) is 14.3. The fraction of sp³-hybridized carbons (Fsp3) is 0.556. The Morgan fingerprint density at radius 1 is 1.35 bits per heavy atom. The van der Waals surface area contributed by atoms with Gasteiger partial charge < -0.3 is 14.6 Å². The molecule has 0 saturated carbocycles. The molecule has 0 radical (unpaired) electrons. The van der Waals surface area contributed by atoms with Gasteiger partial charge in [0.25, 0.3) is 0 Å². The first-order valence-corrected chi connectivity index (χ1v) is 8.43. The summed E-state index contributed by atoms with van der Waals surface area (Å²) in [7, 11) is 0. The largest absolute Gasteiger partial charge is 0.490 e. The number of hydrogen-bond donors (Lipinski definition) is 1. The van der Waals surface area contributed by atoms with E-state index < -0.39 is 0 Å². The lowest BCUT2D eigenvalue weighted by molar-refractivity contribution is 0.214. The van der Waals surface area contributed by atoms with Crippen molar-refractivity contribution in [2.45, 2.75) is 59.1 Å². The molecule has 124 valence electrons. The van der Waals surface area contributed by atoms with Gasteiger partial charge in [-0.25, -0.2) is 0 Å². The number of nitrogens with one attached hydrogen (secondary N) is 1. The normalized spacial score (nSPS) is 19.0. The van der Waals surface area contributed by atoms with E-state index >= 15 is 0 Å². The summed E-state index contributed by atoms with van der Waals surface area (Å²) in [6.07, 6.45) is 3.41. The smallest absolute Gasteiger partial charge is 0.244 e. The topological polar surface area (TPSA) is 60.2 Å². The number of aromatic nitrogens is 2. The lowest BCUT2D eigenvalue weighted by Gasteiger charge is -2.17. The summed E-state index contributed by atoms with van der Waals surface area (Å²) in [4.78, 5) is 4.57. The SMILES string of the molecule is CC[C@H](C)Oc1c(C)cc(-c2noc([C@@H]3CCCN3)n2)cc1C. The lowest BCUT2D eigenvalue weighted by atomic mass is 10.0. The van der Waals surface area contributed by atoms with Crippen LogP contribution in [0.25, 0.3) is 11.4 Å². The van der Waals surface area contributed by atoms with Crippen LogP contribution in [0.1, 0.15) is 56.2 Å². The van der Waals surface area contributed by atoms with Crippen LogP contribution in [-0.2, 0) is 0 Å². The molecule has 23 heavy (non-hydrogen) atoms. The molecule has 0 aliphatic carbocycles. The first kappa shape index (κ1) is 16.0. The van der Waals surface area contributed by atoms with E-state index in [4.69, 9.17) is 9.26 Å². The van der Waals surface area contributed by atoms with Gasteiger partial charge in [-0.05, 0) is 69.8 Å². The maximum absolute atomic E-state index is 6.03. The number of hydrogen-bond acceptors (Lipinski definition) is 5. The molecule has 2 heterocycles. The van der Waals surface area contributed by atoms with E-state index in [2.05, 4.69) is 55.3 Å². The molecule has 2 atom stereocenters. The monoisotopic (exact) mass is 315 g/mol. The molecule has 5 heteroatoms. The second-order valence-corrected chi connectivity index (χ2v) is 6.38. The van der Waals surface area contributed by atoms with E-state index in [0.717, 1.165) is 48.2 Å². The molecule has 3 rings (SSSR count). The average molecular weight is 315 g/mol. The molecule has 0 spiro atoms. The van der Waals surface area contributed by atoms with Crippen molar-refractivity contribution in [1.29, 1.82) is 0 Å². The number of rotatable bonds is 5. The zero-order chi connectivity index (χ0) is 16.4. The standard InChI is InChI=1S/C18H25N3O2/c1-5-13(4)22-16-11(2)9-14(10-12(16)3)17-20-18(23-21-17)15-7-6-8-19-15/h9-10,13,15,19H,5-8H2,1-4H3/t13-,15-/m0/s1. The maximum atomic E-state index is 6.03. The second kappa shape index (κ2) is 6.71. The van der Waals surface area contributed by atoms with Crippen LogP contribution in [0.5, 0.6) is 5.75 Å². The Balaban J connectivity index is 1.86. The molecule has 0 amide bonds. The Labute approximate surface area is 137 Å². The summed E-state index contributed by atoms with van der Waals surface area (Å²) >= 11 is 0. The van der Waals surface area contributed by atoms with Crippen molar-refractivity contribution in [3.05, 3.63) is 29.2 Å². The van der Waals surface area contributed by atoms with E-state index in [-0.39, 0.29) is 12.1 Å². The van der Waals surface area contributed by atoms with Gasteiger partial charge in [0.1, 0.15) is 5.75 Å². The van der Waals surface area contributed by atoms with Crippen molar-refractivity contribution in [2.75, 3.05) is 6.54 Å². The van der Waals surface area contributed by atoms with Gasteiger partial charge in [-0.1, -0.05) is 12.1 Å². The maximum Gasteiger partial charge on any atom is 0.244 e. The quantitative estimate of drug-likeness (QED) is 0.905. The Bertz CT molecular complexity index is 652. The van der Waals surface area contributed by atoms with Gasteiger partial charge in [0, 0.05) is 5.56 Å². The van der Waals surface area contributed by atoms with Crippen LogP contribution < -0.4 is 10.1 Å². The van der Waals surface area contributed by atoms with Crippen LogP contribution in [0, 0.1) is 13.8 Å². The predicted molar refractivity (Wildman–Crippen MR) is 89.6 cm³/mol. The number of benzene rings is 1. The highest BCUT2D eigenvalue weighted by molar-refractivity contribution is 5.61. The van der Waals surface area contributed by atoms with Crippen molar-refractivity contribution in [2.24, 2.45) is 0 Å². The van der Waals surface area contributed by atoms with Gasteiger partial charge in [-0.15, -0.1) is 0 Å². The van der Waals surface area contributed by atoms with Crippen LogP contribution >= 0.6 is 0 Å². The fourth-order valence-electron chi connectivity index (χ4n) is 2.94. The van der Waals surface area contributed by atoms with Gasteiger partial charge in [-0.2, -0.15) is 4.98 Å². The number of aryl methyl sites for hydroxylation is 2. The molecule has 1 aliphatic heterocycles. The highest BCUT2D eigenvalue weighted by atomic mass is 16.5. The van der Waals surface area contributed by atoms with Crippen LogP contribution in [0.2, 0.25) is 0 Å². The van der Waals surface area contributed by atoms with Gasteiger partial charge in [0.2, 0.25) is 11.7 Å². The molecule has 2 aromatic rings. The third-order valence-corrected chi connectivity index (χ3v) is 4.41. The highest BCUT2D eigenvalue weighted by Gasteiger charge is 2.23. The molecule has 1 fully saturated rings. The molecule has 1 aromatic carbocycles. The number of ether oxygens (including phenoxy) is 1. The molecule has 1 N–H and O–H groups in total. The minimum absolute atomic E-state index is 0.200. The first-order chi connectivity index (χ1) is 11.1. The van der Waals surface area contributed by atoms with E-state index in [0.29, 0.717) is 11.7 Å². The second-order valence-electron chi connectivity index (χ2n) is 6.38. The third kappa shape index (κ3) is 3.39. The fourth-order valence-corrected chi connectivity index (χ4v) is 2.94.